The fourth-order valence-electron chi connectivity index (χ4n) is 2.03. The van der Waals surface area contributed by atoms with E-state index in [1.165, 1.54) is 25.1 Å². The molecule has 8 heteroatoms. The minimum absolute atomic E-state index is 0.0203. The van der Waals surface area contributed by atoms with Crippen LogP contribution in [0.4, 0.5) is 4.39 Å². The Labute approximate surface area is 147 Å². The summed E-state index contributed by atoms with van der Waals surface area (Å²) in [6, 6.07) is 3.55. The van der Waals surface area contributed by atoms with Crippen molar-refractivity contribution in [1.29, 1.82) is 0 Å². The fourth-order valence-corrected chi connectivity index (χ4v) is 2.36. The zero-order chi connectivity index (χ0) is 18.3. The number of hydrogen-bond donors (Lipinski definition) is 3. The molecule has 2 amide bonds. The lowest BCUT2D eigenvalue weighted by atomic mass is 10.0. The minimum atomic E-state index is -1.24. The molecule has 24 heavy (non-hydrogen) atoms. The van der Waals surface area contributed by atoms with Gasteiger partial charge < -0.3 is 15.7 Å². The van der Waals surface area contributed by atoms with Crippen molar-refractivity contribution in [3.8, 4) is 0 Å². The van der Waals surface area contributed by atoms with Crippen LogP contribution in [-0.2, 0) is 20.8 Å². The molecule has 6 nitrogen and oxygen atoms in total. The highest BCUT2D eigenvalue weighted by molar-refractivity contribution is 9.11. The van der Waals surface area contributed by atoms with Crippen LogP contribution in [0.2, 0.25) is 0 Å². The maximum Gasteiger partial charge on any atom is 0.326 e. The van der Waals surface area contributed by atoms with Crippen molar-refractivity contribution in [2.24, 2.45) is 0 Å². The highest BCUT2D eigenvalue weighted by atomic mass is 79.9. The van der Waals surface area contributed by atoms with Crippen molar-refractivity contribution in [1.82, 2.24) is 10.6 Å². The van der Waals surface area contributed by atoms with Gasteiger partial charge in [-0.05, 0) is 16.1 Å². The van der Waals surface area contributed by atoms with Crippen LogP contribution in [0.3, 0.4) is 0 Å². The number of benzene rings is 1. The number of carbonyl (C=O) groups is 3. The van der Waals surface area contributed by atoms with E-state index in [1.54, 1.807) is 6.07 Å². The molecule has 1 rings (SSSR count). The monoisotopic (exact) mass is 400 g/mol. The molecule has 1 aromatic rings. The maximum atomic E-state index is 13.8. The molecule has 0 heterocycles. The lowest BCUT2D eigenvalue weighted by molar-refractivity contribution is -0.142. The van der Waals surface area contributed by atoms with Crippen molar-refractivity contribution in [2.45, 2.75) is 31.8 Å². The lowest BCUT2D eigenvalue weighted by Gasteiger charge is -2.21. The van der Waals surface area contributed by atoms with Crippen LogP contribution in [0.5, 0.6) is 0 Å². The van der Waals surface area contributed by atoms with Gasteiger partial charge in [-0.3, -0.25) is 9.59 Å². The van der Waals surface area contributed by atoms with Crippen LogP contribution in [0.15, 0.2) is 35.3 Å². The van der Waals surface area contributed by atoms with Crippen LogP contribution in [0, 0.1) is 5.82 Å². The van der Waals surface area contributed by atoms with Gasteiger partial charge in [0, 0.05) is 19.8 Å². The van der Waals surface area contributed by atoms with Crippen molar-refractivity contribution in [3.63, 3.8) is 0 Å². The predicted octanol–water partition coefficient (Wildman–Crippen LogP) is 1.74. The molecule has 1 aromatic carbocycles. The fraction of sp³-hybridized carbons (Fsp3) is 0.312. The van der Waals surface area contributed by atoms with E-state index in [2.05, 4.69) is 33.1 Å². The van der Waals surface area contributed by atoms with Gasteiger partial charge in [0.05, 0.1) is 0 Å². The third-order valence-corrected chi connectivity index (χ3v) is 3.44. The molecule has 0 aliphatic carbocycles. The number of halogens is 2. The first-order valence-electron chi connectivity index (χ1n) is 7.07. The first kappa shape index (κ1) is 19.8. The summed E-state index contributed by atoms with van der Waals surface area (Å²) in [5.74, 6) is -2.95. The summed E-state index contributed by atoms with van der Waals surface area (Å²) >= 11 is 3.05. The van der Waals surface area contributed by atoms with E-state index in [0.717, 1.165) is 0 Å². The summed E-state index contributed by atoms with van der Waals surface area (Å²) in [5, 5.41) is 13.9. The Morgan fingerprint density at radius 3 is 2.38 bits per heavy atom. The molecule has 0 aromatic heterocycles. The lowest BCUT2D eigenvalue weighted by Crippen LogP contribution is -2.52. The molecule has 3 N–H and O–H groups in total. The van der Waals surface area contributed by atoms with Gasteiger partial charge in [0.1, 0.15) is 17.9 Å². The molecule has 130 valence electrons. The molecule has 0 unspecified atom stereocenters. The molecule has 0 bridgehead atoms. The SMILES string of the molecule is C=C(Br)C[C@@H](NC(=O)[C@@H](Cc1ccccc1F)NC(C)=O)C(=O)O. The predicted molar refractivity (Wildman–Crippen MR) is 90.0 cm³/mol. The second-order valence-corrected chi connectivity index (χ2v) is 6.29. The summed E-state index contributed by atoms with van der Waals surface area (Å²) in [6.45, 7) is 4.76. The molecule has 0 aliphatic rings. The molecule has 0 saturated heterocycles. The molecule has 0 saturated carbocycles. The molecular weight excluding hydrogens is 383 g/mol. The van der Waals surface area contributed by atoms with Crippen LogP contribution in [-0.4, -0.2) is 35.0 Å². The molecule has 2 atom stereocenters. The number of hydrogen-bond acceptors (Lipinski definition) is 3. The van der Waals surface area contributed by atoms with Crippen molar-refractivity contribution in [3.05, 3.63) is 46.7 Å². The number of carboxylic acids is 1. The zero-order valence-electron chi connectivity index (χ0n) is 13.0. The Hall–Kier alpha value is -2.22. The van der Waals surface area contributed by atoms with Gasteiger partial charge >= 0.3 is 5.97 Å². The van der Waals surface area contributed by atoms with Gasteiger partial charge in [-0.25, -0.2) is 9.18 Å². The van der Waals surface area contributed by atoms with Crippen LogP contribution in [0.25, 0.3) is 0 Å². The van der Waals surface area contributed by atoms with Crippen molar-refractivity contribution >= 4 is 33.7 Å². The van der Waals surface area contributed by atoms with E-state index in [1.807, 2.05) is 0 Å². The Morgan fingerprint density at radius 1 is 1.25 bits per heavy atom. The topological polar surface area (TPSA) is 95.5 Å². The van der Waals surface area contributed by atoms with E-state index >= 15 is 0 Å². The Kier molecular flexibility index (Phi) is 7.57. The summed E-state index contributed by atoms with van der Waals surface area (Å²) in [5.41, 5.74) is 0.239. The second kappa shape index (κ2) is 9.17. The van der Waals surface area contributed by atoms with E-state index in [0.29, 0.717) is 4.48 Å². The number of nitrogens with one attached hydrogen (secondary N) is 2. The summed E-state index contributed by atoms with van der Waals surface area (Å²) in [6.07, 6.45) is -0.118. The van der Waals surface area contributed by atoms with Crippen LogP contribution in [0.1, 0.15) is 18.9 Å². The Bertz CT molecular complexity index is 651. The van der Waals surface area contributed by atoms with Gasteiger partial charge in [0.2, 0.25) is 11.8 Å². The van der Waals surface area contributed by atoms with Gasteiger partial charge in [0.15, 0.2) is 0 Å². The number of carbonyl (C=O) groups excluding carboxylic acids is 2. The third-order valence-electron chi connectivity index (χ3n) is 3.12. The van der Waals surface area contributed by atoms with E-state index in [9.17, 15) is 18.8 Å². The van der Waals surface area contributed by atoms with Gasteiger partial charge in [-0.15, -0.1) is 0 Å². The largest absolute Gasteiger partial charge is 0.480 e. The number of aliphatic carboxylic acids is 1. The maximum absolute atomic E-state index is 13.8. The average molecular weight is 401 g/mol. The summed E-state index contributed by atoms with van der Waals surface area (Å²) in [4.78, 5) is 34.8. The molecular formula is C16H18BrFN2O4. The van der Waals surface area contributed by atoms with Crippen LogP contribution < -0.4 is 10.6 Å². The van der Waals surface area contributed by atoms with Crippen molar-refractivity contribution in [2.75, 3.05) is 0 Å². The number of amides is 2. The van der Waals surface area contributed by atoms with E-state index < -0.39 is 35.7 Å². The smallest absolute Gasteiger partial charge is 0.326 e. The highest BCUT2D eigenvalue weighted by Crippen LogP contribution is 2.12. The van der Waals surface area contributed by atoms with Crippen LogP contribution >= 0.6 is 15.9 Å². The molecule has 0 fully saturated rings. The second-order valence-electron chi connectivity index (χ2n) is 5.17. The quantitative estimate of drug-likeness (QED) is 0.619. The standard InChI is InChI=1S/C16H18BrFN2O4/c1-9(17)7-14(16(23)24)20-15(22)13(19-10(2)21)8-11-5-3-4-6-12(11)18/h3-6,13-14H,1,7-8H2,2H3,(H,19,21)(H,20,22)(H,23,24)/t13-,14-/m1/s1. The van der Waals surface area contributed by atoms with Crippen molar-refractivity contribution < 1.29 is 23.9 Å². The first-order chi connectivity index (χ1) is 11.2. The Balaban J connectivity index is 2.92. The minimum Gasteiger partial charge on any atom is -0.480 e. The third kappa shape index (κ3) is 6.49. The molecule has 0 radical (unpaired) electrons. The summed E-state index contributed by atoms with van der Waals surface area (Å²) < 4.78 is 14.2. The normalized spacial score (nSPS) is 12.8. The van der Waals surface area contributed by atoms with Gasteiger partial charge in [-0.1, -0.05) is 40.7 Å². The van der Waals surface area contributed by atoms with E-state index in [4.69, 9.17) is 5.11 Å². The first-order valence-corrected chi connectivity index (χ1v) is 7.87. The Morgan fingerprint density at radius 2 is 1.88 bits per heavy atom. The number of rotatable bonds is 8. The van der Waals surface area contributed by atoms with E-state index in [-0.39, 0.29) is 18.4 Å². The van der Waals surface area contributed by atoms with Gasteiger partial charge in [-0.2, -0.15) is 0 Å². The average Bonchev–Trinajstić information content (AvgIpc) is 2.47. The zero-order valence-corrected chi connectivity index (χ0v) is 14.6. The summed E-state index contributed by atoms with van der Waals surface area (Å²) in [7, 11) is 0. The molecule has 0 spiro atoms. The van der Waals surface area contributed by atoms with Gasteiger partial charge in [0.25, 0.3) is 0 Å². The number of carboxylic acid groups (broad SMARTS) is 1. The highest BCUT2D eigenvalue weighted by Gasteiger charge is 2.27. The molecule has 0 aliphatic heterocycles.